The van der Waals surface area contributed by atoms with E-state index in [1.807, 2.05) is 19.1 Å². The second kappa shape index (κ2) is 5.71. The Hall–Kier alpha value is -1.40. The van der Waals surface area contributed by atoms with Crippen LogP contribution in [0.15, 0.2) is 22.8 Å². The lowest BCUT2D eigenvalue weighted by Crippen LogP contribution is -2.24. The Kier molecular flexibility index (Phi) is 3.79. The van der Waals surface area contributed by atoms with Crippen LogP contribution in [-0.2, 0) is 13.1 Å². The molecule has 0 atom stereocenters. The number of hydrogen-bond acceptors (Lipinski definition) is 6. The molecule has 2 aromatic rings. The zero-order chi connectivity index (χ0) is 13.1. The topological polar surface area (TPSA) is 51.4 Å². The lowest BCUT2D eigenvalue weighted by atomic mass is 10.4. The number of ether oxygens (including phenoxy) is 1. The Morgan fingerprint density at radius 1 is 1.42 bits per heavy atom. The lowest BCUT2D eigenvalue weighted by molar-refractivity contribution is 0.224. The predicted octanol–water partition coefficient (Wildman–Crippen LogP) is 2.69. The van der Waals surface area contributed by atoms with E-state index >= 15 is 0 Å². The summed E-state index contributed by atoms with van der Waals surface area (Å²) in [5, 5.41) is 9.88. The molecule has 1 saturated carbocycles. The summed E-state index contributed by atoms with van der Waals surface area (Å²) in [4.78, 5) is 2.40. The molecular formula is C13H17N3O2S. The van der Waals surface area contributed by atoms with Crippen molar-refractivity contribution in [3.8, 4) is 5.19 Å². The van der Waals surface area contributed by atoms with Gasteiger partial charge in [0, 0.05) is 6.04 Å². The summed E-state index contributed by atoms with van der Waals surface area (Å²) in [7, 11) is 0. The van der Waals surface area contributed by atoms with Crippen molar-refractivity contribution in [2.45, 2.75) is 38.9 Å². The van der Waals surface area contributed by atoms with Gasteiger partial charge < -0.3 is 9.15 Å². The van der Waals surface area contributed by atoms with Crippen molar-refractivity contribution in [3.05, 3.63) is 29.2 Å². The Morgan fingerprint density at radius 3 is 3.00 bits per heavy atom. The molecule has 102 valence electrons. The van der Waals surface area contributed by atoms with E-state index in [0.717, 1.165) is 23.9 Å². The van der Waals surface area contributed by atoms with E-state index in [1.165, 1.54) is 24.2 Å². The second-order valence-corrected chi connectivity index (χ2v) is 5.63. The van der Waals surface area contributed by atoms with Crippen LogP contribution in [0.1, 0.15) is 30.5 Å². The zero-order valence-electron chi connectivity index (χ0n) is 10.9. The van der Waals surface area contributed by atoms with Gasteiger partial charge in [-0.3, -0.25) is 4.90 Å². The molecule has 0 spiro atoms. The van der Waals surface area contributed by atoms with E-state index in [4.69, 9.17) is 9.15 Å². The van der Waals surface area contributed by atoms with E-state index in [2.05, 4.69) is 15.1 Å². The molecular weight excluding hydrogens is 262 g/mol. The van der Waals surface area contributed by atoms with Crippen molar-refractivity contribution in [1.82, 2.24) is 15.1 Å². The first-order valence-corrected chi connectivity index (χ1v) is 7.38. The van der Waals surface area contributed by atoms with Crippen LogP contribution in [0.25, 0.3) is 0 Å². The maximum atomic E-state index is 5.42. The average Bonchev–Trinajstić information content (AvgIpc) is 2.95. The number of furan rings is 1. The summed E-state index contributed by atoms with van der Waals surface area (Å²) in [5.41, 5.74) is 0. The monoisotopic (exact) mass is 279 g/mol. The lowest BCUT2D eigenvalue weighted by Gasteiger charge is -2.18. The fourth-order valence-corrected chi connectivity index (χ4v) is 2.79. The van der Waals surface area contributed by atoms with Gasteiger partial charge in [0.05, 0.1) is 26.0 Å². The van der Waals surface area contributed by atoms with Gasteiger partial charge in [-0.25, -0.2) is 0 Å². The molecule has 1 aliphatic carbocycles. The Morgan fingerprint density at radius 2 is 2.32 bits per heavy atom. The molecule has 2 heterocycles. The molecule has 0 aromatic carbocycles. The fourth-order valence-electron chi connectivity index (χ4n) is 2.01. The molecule has 0 radical (unpaired) electrons. The quantitative estimate of drug-likeness (QED) is 0.780. The first-order chi connectivity index (χ1) is 9.35. The maximum absolute atomic E-state index is 5.42. The molecule has 6 heteroatoms. The Bertz CT molecular complexity index is 508. The van der Waals surface area contributed by atoms with Crippen LogP contribution in [0, 0.1) is 0 Å². The van der Waals surface area contributed by atoms with Gasteiger partial charge in [0.2, 0.25) is 0 Å². The standard InChI is InChI=1S/C13H17N3O2S/c1-2-17-13-15-14-12(19-13)9-16(10-5-6-10)8-11-4-3-7-18-11/h3-4,7,10H,2,5-6,8-9H2,1H3. The van der Waals surface area contributed by atoms with Crippen LogP contribution >= 0.6 is 11.3 Å². The van der Waals surface area contributed by atoms with E-state index in [0.29, 0.717) is 17.8 Å². The third-order valence-corrected chi connectivity index (χ3v) is 3.88. The molecule has 2 aromatic heterocycles. The fraction of sp³-hybridized carbons (Fsp3) is 0.538. The minimum Gasteiger partial charge on any atom is -0.469 e. The van der Waals surface area contributed by atoms with Crippen molar-refractivity contribution in [1.29, 1.82) is 0 Å². The third kappa shape index (κ3) is 3.33. The Labute approximate surface area is 116 Å². The number of nitrogens with zero attached hydrogens (tertiary/aromatic N) is 3. The van der Waals surface area contributed by atoms with Crippen molar-refractivity contribution in [2.75, 3.05) is 6.61 Å². The summed E-state index contributed by atoms with van der Waals surface area (Å²) >= 11 is 1.53. The van der Waals surface area contributed by atoms with Crippen molar-refractivity contribution >= 4 is 11.3 Å². The third-order valence-electron chi connectivity index (χ3n) is 3.06. The van der Waals surface area contributed by atoms with Gasteiger partial charge in [0.1, 0.15) is 10.8 Å². The Balaban J connectivity index is 1.63. The second-order valence-electron chi connectivity index (χ2n) is 4.61. The molecule has 0 unspecified atom stereocenters. The SMILES string of the molecule is CCOc1nnc(CN(Cc2ccco2)C2CC2)s1. The van der Waals surface area contributed by atoms with E-state index in [-0.39, 0.29) is 0 Å². The minimum atomic E-state index is 0.632. The number of aromatic nitrogens is 2. The highest BCUT2D eigenvalue weighted by atomic mass is 32.1. The molecule has 3 rings (SSSR count). The molecule has 19 heavy (non-hydrogen) atoms. The van der Waals surface area contributed by atoms with Crippen molar-refractivity contribution in [2.24, 2.45) is 0 Å². The summed E-state index contributed by atoms with van der Waals surface area (Å²) in [6, 6.07) is 4.60. The summed E-state index contributed by atoms with van der Waals surface area (Å²) in [6.07, 6.45) is 4.24. The van der Waals surface area contributed by atoms with Gasteiger partial charge >= 0.3 is 0 Å². The van der Waals surface area contributed by atoms with Crippen LogP contribution in [-0.4, -0.2) is 27.7 Å². The molecule has 0 N–H and O–H groups in total. The normalized spacial score (nSPS) is 15.1. The van der Waals surface area contributed by atoms with Gasteiger partial charge in [-0.05, 0) is 31.9 Å². The first kappa shape index (κ1) is 12.6. The van der Waals surface area contributed by atoms with Gasteiger partial charge in [-0.2, -0.15) is 0 Å². The molecule has 0 aliphatic heterocycles. The highest BCUT2D eigenvalue weighted by Gasteiger charge is 2.30. The highest BCUT2D eigenvalue weighted by molar-refractivity contribution is 7.13. The van der Waals surface area contributed by atoms with Gasteiger partial charge in [-0.15, -0.1) is 10.2 Å². The molecule has 0 saturated heterocycles. The predicted molar refractivity (Wildman–Crippen MR) is 72.1 cm³/mol. The minimum absolute atomic E-state index is 0.632. The van der Waals surface area contributed by atoms with Gasteiger partial charge in [0.25, 0.3) is 5.19 Å². The maximum Gasteiger partial charge on any atom is 0.294 e. The summed E-state index contributed by atoms with van der Waals surface area (Å²) in [6.45, 7) is 4.24. The van der Waals surface area contributed by atoms with E-state index in [1.54, 1.807) is 6.26 Å². The summed E-state index contributed by atoms with van der Waals surface area (Å²) < 4.78 is 10.8. The van der Waals surface area contributed by atoms with Crippen LogP contribution in [0.3, 0.4) is 0 Å². The molecule has 5 nitrogen and oxygen atoms in total. The van der Waals surface area contributed by atoms with Crippen LogP contribution < -0.4 is 4.74 Å². The largest absolute Gasteiger partial charge is 0.469 e. The summed E-state index contributed by atoms with van der Waals surface area (Å²) in [5.74, 6) is 1.00. The molecule has 0 amide bonds. The molecule has 1 fully saturated rings. The van der Waals surface area contributed by atoms with Crippen molar-refractivity contribution in [3.63, 3.8) is 0 Å². The van der Waals surface area contributed by atoms with Crippen molar-refractivity contribution < 1.29 is 9.15 Å². The average molecular weight is 279 g/mol. The zero-order valence-corrected chi connectivity index (χ0v) is 11.7. The van der Waals surface area contributed by atoms with Crippen LogP contribution in [0.2, 0.25) is 0 Å². The van der Waals surface area contributed by atoms with Crippen LogP contribution in [0.5, 0.6) is 5.19 Å². The molecule has 1 aliphatic rings. The van der Waals surface area contributed by atoms with E-state index in [9.17, 15) is 0 Å². The van der Waals surface area contributed by atoms with Crippen LogP contribution in [0.4, 0.5) is 0 Å². The van der Waals surface area contributed by atoms with E-state index < -0.39 is 0 Å². The number of rotatable bonds is 7. The van der Waals surface area contributed by atoms with Gasteiger partial charge in [0.15, 0.2) is 0 Å². The molecule has 0 bridgehead atoms. The first-order valence-electron chi connectivity index (χ1n) is 6.56. The number of hydrogen-bond donors (Lipinski definition) is 0. The highest BCUT2D eigenvalue weighted by Crippen LogP contribution is 2.31. The van der Waals surface area contributed by atoms with Gasteiger partial charge in [-0.1, -0.05) is 11.3 Å². The smallest absolute Gasteiger partial charge is 0.294 e.